The molecule has 0 aromatic heterocycles. The number of hydrogen-bond acceptors (Lipinski definition) is 3. The standard InChI is InChI=1S/C25H49NO3/c1-6-11-14-17-23(18-24(27)25(28)29)26(19-21(9-4)15-12-7-2)20-22(10-5)16-13-8-3/h21-23H,6-20H2,1-5H3,(H,28,29). The number of hydrogen-bond donors (Lipinski definition) is 1. The van der Waals surface area contributed by atoms with Crippen LogP contribution in [0, 0.1) is 11.8 Å². The number of Topliss-reactive ketones (excluding diaryl/α,β-unsaturated/α-hetero) is 1. The molecule has 0 aromatic rings. The Labute approximate surface area is 180 Å². The molecule has 0 spiro atoms. The fourth-order valence-corrected chi connectivity index (χ4v) is 4.22. The van der Waals surface area contributed by atoms with Crippen LogP contribution in [-0.2, 0) is 9.59 Å². The van der Waals surface area contributed by atoms with E-state index in [4.69, 9.17) is 0 Å². The van der Waals surface area contributed by atoms with Crippen LogP contribution in [0.25, 0.3) is 0 Å². The van der Waals surface area contributed by atoms with Crippen LogP contribution in [0.1, 0.15) is 118 Å². The van der Waals surface area contributed by atoms with E-state index in [1.54, 1.807) is 0 Å². The molecule has 172 valence electrons. The predicted molar refractivity (Wildman–Crippen MR) is 123 cm³/mol. The highest BCUT2D eigenvalue weighted by molar-refractivity contribution is 6.32. The largest absolute Gasteiger partial charge is 0.476 e. The lowest BCUT2D eigenvalue weighted by Gasteiger charge is -2.36. The molecule has 0 aliphatic carbocycles. The Morgan fingerprint density at radius 2 is 1.21 bits per heavy atom. The number of nitrogens with zero attached hydrogens (tertiary/aromatic N) is 1. The Morgan fingerprint density at radius 3 is 1.59 bits per heavy atom. The average molecular weight is 412 g/mol. The molecule has 0 fully saturated rings. The maximum Gasteiger partial charge on any atom is 0.372 e. The van der Waals surface area contributed by atoms with Crippen molar-refractivity contribution < 1.29 is 14.7 Å². The molecule has 3 atom stereocenters. The highest BCUT2D eigenvalue weighted by Gasteiger charge is 2.27. The topological polar surface area (TPSA) is 57.6 Å². The van der Waals surface area contributed by atoms with Gasteiger partial charge in [-0.05, 0) is 31.1 Å². The zero-order valence-electron chi connectivity index (χ0n) is 20.0. The van der Waals surface area contributed by atoms with E-state index in [-0.39, 0.29) is 12.5 Å². The number of rotatable bonds is 20. The summed E-state index contributed by atoms with van der Waals surface area (Å²) in [5, 5.41) is 9.20. The first-order chi connectivity index (χ1) is 13.9. The van der Waals surface area contributed by atoms with Gasteiger partial charge in [0.1, 0.15) is 0 Å². The Hall–Kier alpha value is -0.900. The summed E-state index contributed by atoms with van der Waals surface area (Å²) < 4.78 is 0. The van der Waals surface area contributed by atoms with Crippen LogP contribution in [0.2, 0.25) is 0 Å². The molecule has 1 N–H and O–H groups in total. The molecule has 0 aromatic carbocycles. The van der Waals surface area contributed by atoms with Gasteiger partial charge < -0.3 is 5.11 Å². The van der Waals surface area contributed by atoms with Gasteiger partial charge in [-0.25, -0.2) is 4.79 Å². The van der Waals surface area contributed by atoms with Crippen LogP contribution in [0.5, 0.6) is 0 Å². The summed E-state index contributed by atoms with van der Waals surface area (Å²) in [5.74, 6) is -0.638. The molecule has 0 bridgehead atoms. The van der Waals surface area contributed by atoms with E-state index in [9.17, 15) is 14.7 Å². The number of carboxylic acids is 1. The fraction of sp³-hybridized carbons (Fsp3) is 0.920. The first kappa shape index (κ1) is 28.1. The molecule has 0 rings (SSSR count). The van der Waals surface area contributed by atoms with Crippen molar-refractivity contribution in [3.63, 3.8) is 0 Å². The SMILES string of the molecule is CCCCCC(CC(=O)C(=O)O)N(CC(CC)CCCC)CC(CC)CCCC. The summed E-state index contributed by atoms with van der Waals surface area (Å²) in [5.41, 5.74) is 0. The number of aliphatic carboxylic acids is 1. The molecule has 3 unspecified atom stereocenters. The highest BCUT2D eigenvalue weighted by atomic mass is 16.4. The van der Waals surface area contributed by atoms with Gasteiger partial charge in [0.05, 0.1) is 0 Å². The van der Waals surface area contributed by atoms with Crippen molar-refractivity contribution in [2.45, 2.75) is 124 Å². The zero-order chi connectivity index (χ0) is 22.1. The van der Waals surface area contributed by atoms with Crippen LogP contribution in [-0.4, -0.2) is 40.9 Å². The van der Waals surface area contributed by atoms with Crippen LogP contribution in [0.15, 0.2) is 0 Å². The lowest BCUT2D eigenvalue weighted by Crippen LogP contribution is -2.43. The highest BCUT2D eigenvalue weighted by Crippen LogP contribution is 2.24. The van der Waals surface area contributed by atoms with Crippen LogP contribution in [0.4, 0.5) is 0 Å². The van der Waals surface area contributed by atoms with Gasteiger partial charge in [-0.2, -0.15) is 0 Å². The molecular weight excluding hydrogens is 362 g/mol. The summed E-state index contributed by atoms with van der Waals surface area (Å²) in [7, 11) is 0. The Kier molecular flexibility index (Phi) is 17.4. The van der Waals surface area contributed by atoms with Gasteiger partial charge in [0, 0.05) is 25.6 Å². The van der Waals surface area contributed by atoms with Crippen molar-refractivity contribution in [1.82, 2.24) is 4.90 Å². The average Bonchev–Trinajstić information content (AvgIpc) is 2.71. The van der Waals surface area contributed by atoms with Crippen LogP contribution in [0.3, 0.4) is 0 Å². The summed E-state index contributed by atoms with van der Waals surface area (Å²) >= 11 is 0. The monoisotopic (exact) mass is 411 g/mol. The third-order valence-corrected chi connectivity index (χ3v) is 6.39. The number of unbranched alkanes of at least 4 members (excludes halogenated alkanes) is 4. The molecule has 0 aliphatic rings. The van der Waals surface area contributed by atoms with E-state index in [0.717, 1.165) is 51.6 Å². The molecular formula is C25H49NO3. The lowest BCUT2D eigenvalue weighted by atomic mass is 9.92. The summed E-state index contributed by atoms with van der Waals surface area (Å²) in [6, 6.07) is 0.0662. The van der Waals surface area contributed by atoms with Gasteiger partial charge in [0.15, 0.2) is 0 Å². The molecule has 0 saturated heterocycles. The van der Waals surface area contributed by atoms with Gasteiger partial charge in [0.25, 0.3) is 0 Å². The quantitative estimate of drug-likeness (QED) is 0.178. The van der Waals surface area contributed by atoms with E-state index in [0.29, 0.717) is 11.8 Å². The number of ketones is 1. The van der Waals surface area contributed by atoms with Crippen molar-refractivity contribution >= 4 is 11.8 Å². The minimum Gasteiger partial charge on any atom is -0.476 e. The van der Waals surface area contributed by atoms with Crippen molar-refractivity contribution in [3.05, 3.63) is 0 Å². The van der Waals surface area contributed by atoms with Crippen molar-refractivity contribution in [2.75, 3.05) is 13.1 Å². The summed E-state index contributed by atoms with van der Waals surface area (Å²) in [6.07, 6.45) is 14.1. The molecule has 4 nitrogen and oxygen atoms in total. The smallest absolute Gasteiger partial charge is 0.372 e. The van der Waals surface area contributed by atoms with Crippen molar-refractivity contribution in [1.29, 1.82) is 0 Å². The van der Waals surface area contributed by atoms with E-state index in [2.05, 4.69) is 39.5 Å². The first-order valence-corrected chi connectivity index (χ1v) is 12.4. The Morgan fingerprint density at radius 1 is 0.724 bits per heavy atom. The van der Waals surface area contributed by atoms with E-state index in [1.807, 2.05) is 0 Å². The van der Waals surface area contributed by atoms with Gasteiger partial charge in [0.2, 0.25) is 5.78 Å². The third-order valence-electron chi connectivity index (χ3n) is 6.39. The normalized spacial score (nSPS) is 14.7. The van der Waals surface area contributed by atoms with E-state index >= 15 is 0 Å². The second kappa shape index (κ2) is 17.9. The molecule has 0 radical (unpaired) electrons. The molecule has 0 aliphatic heterocycles. The molecule has 0 saturated carbocycles. The lowest BCUT2D eigenvalue weighted by molar-refractivity contribution is -0.149. The maximum absolute atomic E-state index is 12.1. The summed E-state index contributed by atoms with van der Waals surface area (Å²) in [4.78, 5) is 25.9. The molecule has 0 heterocycles. The predicted octanol–water partition coefficient (Wildman–Crippen LogP) is 6.71. The molecule has 4 heteroatoms. The Bertz CT molecular complexity index is 406. The van der Waals surface area contributed by atoms with Gasteiger partial charge >= 0.3 is 5.97 Å². The first-order valence-electron chi connectivity index (χ1n) is 12.4. The number of carboxylic acid groups (broad SMARTS) is 1. The molecule has 0 amide bonds. The van der Waals surface area contributed by atoms with Crippen LogP contribution >= 0.6 is 0 Å². The second-order valence-corrected chi connectivity index (χ2v) is 8.87. The van der Waals surface area contributed by atoms with Crippen molar-refractivity contribution in [2.24, 2.45) is 11.8 Å². The fourth-order valence-electron chi connectivity index (χ4n) is 4.22. The maximum atomic E-state index is 12.1. The number of carbonyl (C=O) groups is 2. The van der Waals surface area contributed by atoms with Gasteiger partial charge in [-0.1, -0.05) is 92.4 Å². The van der Waals surface area contributed by atoms with Crippen LogP contribution < -0.4 is 0 Å². The summed E-state index contributed by atoms with van der Waals surface area (Å²) in [6.45, 7) is 13.2. The zero-order valence-corrected chi connectivity index (χ0v) is 20.0. The van der Waals surface area contributed by atoms with E-state index in [1.165, 1.54) is 38.5 Å². The molecule has 29 heavy (non-hydrogen) atoms. The minimum atomic E-state index is -1.28. The van der Waals surface area contributed by atoms with E-state index < -0.39 is 11.8 Å². The van der Waals surface area contributed by atoms with Gasteiger partial charge in [-0.3, -0.25) is 9.69 Å². The third kappa shape index (κ3) is 13.1. The number of carbonyl (C=O) groups excluding carboxylic acids is 1. The Balaban J connectivity index is 5.45. The van der Waals surface area contributed by atoms with Crippen molar-refractivity contribution in [3.8, 4) is 0 Å². The second-order valence-electron chi connectivity index (χ2n) is 8.87. The van der Waals surface area contributed by atoms with Gasteiger partial charge in [-0.15, -0.1) is 0 Å². The minimum absolute atomic E-state index is 0.0662.